The summed E-state index contributed by atoms with van der Waals surface area (Å²) in [5, 5.41) is 136. The molecule has 23 heteroatoms. The third-order valence-electron chi connectivity index (χ3n) is 17.7. The molecule has 0 spiro atoms. The Morgan fingerprint density at radius 2 is 1.04 bits per heavy atom. The van der Waals surface area contributed by atoms with Gasteiger partial charge in [-0.15, -0.1) is 0 Å². The first-order chi connectivity index (χ1) is 42.9. The van der Waals surface area contributed by atoms with Crippen molar-refractivity contribution in [3.63, 3.8) is 0 Å². The zero-order valence-electron chi connectivity index (χ0n) is 54.3. The van der Waals surface area contributed by atoms with E-state index in [9.17, 15) is 75.7 Å². The monoisotopic (exact) mass is 1280 g/mol. The smallest absolute Gasteiger partial charge is 0.364 e. The number of carboxylic acids is 1. The summed E-state index contributed by atoms with van der Waals surface area (Å²) in [5.41, 5.74) is 0. The maximum Gasteiger partial charge on any atom is 0.364 e. The Balaban J connectivity index is 1.53. The highest BCUT2D eigenvalue weighted by Gasteiger charge is 2.60. The van der Waals surface area contributed by atoms with Crippen molar-refractivity contribution in [3.05, 3.63) is 12.2 Å². The SMILES string of the molecule is CCCCCCCCCCCCCC/C=C\CCCCCCCCCCCC(=O)NC(COC1OC(CO)C(OC2OC(CO)C(O)C(OC3(C(=O)O)CC(O)C(NC(C)=O)C(C(O)C(O)CO)O3)C2O)C(O)C1O)C(O)CCCCCCCCCCCC. The normalized spacial score (nSPS) is 28.8. The number of rotatable bonds is 52. The molecule has 18 unspecified atom stereocenters. The summed E-state index contributed by atoms with van der Waals surface area (Å²) in [7, 11) is 0. The summed E-state index contributed by atoms with van der Waals surface area (Å²) in [6.45, 7) is 2.18. The first-order valence-corrected chi connectivity index (χ1v) is 34.5. The number of aliphatic hydroxyl groups excluding tert-OH is 11. The van der Waals surface area contributed by atoms with Gasteiger partial charge >= 0.3 is 5.97 Å². The van der Waals surface area contributed by atoms with Gasteiger partial charge in [0.15, 0.2) is 12.6 Å². The fraction of sp³-hybridized carbons (Fsp3) is 0.924. The molecule has 3 fully saturated rings. The fourth-order valence-corrected chi connectivity index (χ4v) is 12.2. The minimum atomic E-state index is -3.08. The Bertz CT molecular complexity index is 1860. The van der Waals surface area contributed by atoms with E-state index >= 15 is 0 Å². The second kappa shape index (κ2) is 47.4. The molecular formula is C66H122N2O21. The number of carboxylic acid groups (broad SMARTS) is 1. The minimum absolute atomic E-state index is 0.222. The second-order valence-electron chi connectivity index (χ2n) is 25.4. The summed E-state index contributed by atoms with van der Waals surface area (Å²) in [6.07, 6.45) is 15.3. The third kappa shape index (κ3) is 30.2. The Labute approximate surface area is 531 Å². The van der Waals surface area contributed by atoms with Gasteiger partial charge in [0.05, 0.1) is 50.7 Å². The number of aliphatic hydroxyl groups is 11. The Morgan fingerprint density at radius 1 is 0.573 bits per heavy atom. The number of carbonyl (C=O) groups excluding carboxylic acids is 2. The molecule has 18 atom stereocenters. The average molecular weight is 1280 g/mol. The lowest BCUT2D eigenvalue weighted by molar-refractivity contribution is -0.386. The number of aliphatic carboxylic acids is 1. The lowest BCUT2D eigenvalue weighted by Crippen LogP contribution is -2.70. The lowest BCUT2D eigenvalue weighted by Gasteiger charge is -2.50. The predicted octanol–water partition coefficient (Wildman–Crippen LogP) is 5.90. The molecule has 0 aromatic carbocycles. The summed E-state index contributed by atoms with van der Waals surface area (Å²) >= 11 is 0. The van der Waals surface area contributed by atoms with Gasteiger partial charge < -0.3 is 100 Å². The van der Waals surface area contributed by atoms with Crippen LogP contribution in [0, 0.1) is 0 Å². The van der Waals surface area contributed by atoms with Crippen LogP contribution in [0.15, 0.2) is 12.2 Å². The first kappa shape index (κ1) is 80.7. The molecule has 3 heterocycles. The van der Waals surface area contributed by atoms with E-state index in [1.807, 2.05) is 0 Å². The first-order valence-electron chi connectivity index (χ1n) is 34.5. The molecule has 0 radical (unpaired) electrons. The number of allylic oxidation sites excluding steroid dienone is 2. The van der Waals surface area contributed by atoms with Crippen LogP contribution >= 0.6 is 0 Å². The van der Waals surface area contributed by atoms with Crippen LogP contribution in [0.4, 0.5) is 0 Å². The van der Waals surface area contributed by atoms with Crippen molar-refractivity contribution in [2.45, 2.75) is 362 Å². The van der Waals surface area contributed by atoms with Crippen molar-refractivity contribution < 1.29 is 104 Å². The van der Waals surface area contributed by atoms with Gasteiger partial charge in [-0.3, -0.25) is 9.59 Å². The maximum absolute atomic E-state index is 13.4. The minimum Gasteiger partial charge on any atom is -0.477 e. The number of hydrogen-bond acceptors (Lipinski definition) is 20. The molecule has 0 aromatic rings. The molecule has 0 bridgehead atoms. The number of hydrogen-bond donors (Lipinski definition) is 14. The summed E-state index contributed by atoms with van der Waals surface area (Å²) in [6, 6.07) is -2.53. The van der Waals surface area contributed by atoms with Gasteiger partial charge in [0, 0.05) is 19.8 Å². The maximum atomic E-state index is 13.4. The highest BCUT2D eigenvalue weighted by Crippen LogP contribution is 2.39. The molecule has 0 saturated carbocycles. The standard InChI is InChI=1S/C66H122N2O21/c1-4-6-8-10-12-14-16-17-18-19-20-21-22-23-24-25-26-27-28-29-30-32-34-36-38-40-53(76)68-47(48(73)39-37-35-33-31-15-13-11-9-7-5-2)45-84-63-58(80)57(79)60(52(44-71)86-63)87-64-59(81)62(56(78)51(43-70)85-64)89-66(65(82)83)41-49(74)54(67-46(3)72)61(88-66)55(77)50(75)42-69/h23-24,47-52,54-64,69-71,73-75,77-81H,4-22,25-45H2,1-3H3,(H,67,72)(H,68,76)(H,82,83)/b24-23-. The van der Waals surface area contributed by atoms with Crippen LogP contribution in [0.1, 0.15) is 252 Å². The molecule has 3 aliphatic heterocycles. The summed E-state index contributed by atoms with van der Waals surface area (Å²) in [5.74, 6) is -6.10. The van der Waals surface area contributed by atoms with Crippen molar-refractivity contribution in [3.8, 4) is 0 Å². The van der Waals surface area contributed by atoms with Gasteiger partial charge in [-0.25, -0.2) is 4.79 Å². The number of carbonyl (C=O) groups is 3. The highest BCUT2D eigenvalue weighted by molar-refractivity contribution is 5.77. The van der Waals surface area contributed by atoms with Crippen molar-refractivity contribution in [1.82, 2.24) is 10.6 Å². The van der Waals surface area contributed by atoms with Gasteiger partial charge in [0.1, 0.15) is 67.1 Å². The Hall–Kier alpha value is -2.53. The molecule has 89 heavy (non-hydrogen) atoms. The van der Waals surface area contributed by atoms with Gasteiger partial charge in [0.25, 0.3) is 5.79 Å². The van der Waals surface area contributed by atoms with Crippen molar-refractivity contribution in [2.75, 3.05) is 26.4 Å². The molecule has 14 N–H and O–H groups in total. The number of ether oxygens (including phenoxy) is 6. The van der Waals surface area contributed by atoms with Crippen LogP contribution in [0.5, 0.6) is 0 Å². The Kier molecular flexibility index (Phi) is 43.0. The predicted molar refractivity (Wildman–Crippen MR) is 334 cm³/mol. The van der Waals surface area contributed by atoms with Crippen molar-refractivity contribution in [1.29, 1.82) is 0 Å². The van der Waals surface area contributed by atoms with E-state index in [2.05, 4.69) is 36.6 Å². The molecule has 3 aliphatic rings. The molecule has 23 nitrogen and oxygen atoms in total. The van der Waals surface area contributed by atoms with Crippen LogP contribution in [0.25, 0.3) is 0 Å². The van der Waals surface area contributed by atoms with Crippen LogP contribution in [-0.2, 0) is 42.8 Å². The topological polar surface area (TPSA) is 373 Å². The fourth-order valence-electron chi connectivity index (χ4n) is 12.2. The highest BCUT2D eigenvalue weighted by atomic mass is 16.8. The number of nitrogens with one attached hydrogen (secondary N) is 2. The van der Waals surface area contributed by atoms with Crippen LogP contribution in [0.3, 0.4) is 0 Å². The summed E-state index contributed by atoms with van der Waals surface area (Å²) in [4.78, 5) is 38.5. The van der Waals surface area contributed by atoms with E-state index in [0.717, 1.165) is 64.7 Å². The zero-order valence-corrected chi connectivity index (χ0v) is 54.3. The molecule has 0 aliphatic carbocycles. The van der Waals surface area contributed by atoms with Gasteiger partial charge in [-0.2, -0.15) is 0 Å². The Morgan fingerprint density at radius 3 is 1.52 bits per heavy atom. The quantitative estimate of drug-likeness (QED) is 0.0249. The van der Waals surface area contributed by atoms with Gasteiger partial charge in [-0.05, 0) is 38.5 Å². The van der Waals surface area contributed by atoms with Crippen LogP contribution < -0.4 is 10.6 Å². The zero-order chi connectivity index (χ0) is 65.4. The molecule has 522 valence electrons. The largest absolute Gasteiger partial charge is 0.477 e. The van der Waals surface area contributed by atoms with Crippen LogP contribution in [0.2, 0.25) is 0 Å². The van der Waals surface area contributed by atoms with E-state index < -0.39 is 148 Å². The van der Waals surface area contributed by atoms with E-state index in [-0.39, 0.29) is 18.9 Å². The average Bonchev–Trinajstić information content (AvgIpc) is 1.04. The van der Waals surface area contributed by atoms with Crippen LogP contribution in [-0.4, -0.2) is 215 Å². The molecule has 0 aromatic heterocycles. The third-order valence-corrected chi connectivity index (χ3v) is 17.7. The molecule has 2 amide bonds. The number of unbranched alkanes of at least 4 members (excludes halogenated alkanes) is 30. The summed E-state index contributed by atoms with van der Waals surface area (Å²) < 4.78 is 34.8. The van der Waals surface area contributed by atoms with E-state index in [0.29, 0.717) is 19.3 Å². The van der Waals surface area contributed by atoms with Gasteiger partial charge in [-0.1, -0.05) is 206 Å². The van der Waals surface area contributed by atoms with E-state index in [1.54, 1.807) is 0 Å². The molecule has 3 saturated heterocycles. The molecular weight excluding hydrogens is 1160 g/mol. The lowest BCUT2D eigenvalue weighted by atomic mass is 9.88. The molecule has 3 rings (SSSR count). The van der Waals surface area contributed by atoms with Gasteiger partial charge in [0.2, 0.25) is 11.8 Å². The van der Waals surface area contributed by atoms with E-state index in [4.69, 9.17) is 28.4 Å². The van der Waals surface area contributed by atoms with E-state index in [1.165, 1.54) is 141 Å². The second-order valence-corrected chi connectivity index (χ2v) is 25.4. The van der Waals surface area contributed by atoms with Crippen molar-refractivity contribution in [2.24, 2.45) is 0 Å². The van der Waals surface area contributed by atoms with Crippen molar-refractivity contribution >= 4 is 17.8 Å². The number of amides is 2.